The third-order valence-corrected chi connectivity index (χ3v) is 7.16. The van der Waals surface area contributed by atoms with Gasteiger partial charge in [0.05, 0.1) is 7.11 Å². The standard InChI is InChI=1S/C24H37N3O2/c1-29-23-7-3-2-6-21(23)22-16-19(22)17-25-13-12-18-8-10-20(11-9-18)26-24(28)27-14-4-5-15-27/h2-3,6-7,18-20,22,25H,4-5,8-17H2,1H3,(H,26,28). The van der Waals surface area contributed by atoms with Gasteiger partial charge in [0.2, 0.25) is 0 Å². The van der Waals surface area contributed by atoms with Crippen LogP contribution >= 0.6 is 0 Å². The Morgan fingerprint density at radius 3 is 2.66 bits per heavy atom. The van der Waals surface area contributed by atoms with Crippen LogP contribution in [0, 0.1) is 11.8 Å². The molecule has 0 spiro atoms. The van der Waals surface area contributed by atoms with Crippen LogP contribution in [0.5, 0.6) is 5.75 Å². The monoisotopic (exact) mass is 399 g/mol. The molecule has 2 atom stereocenters. The number of carbonyl (C=O) groups excluding carboxylic acids is 1. The third-order valence-electron chi connectivity index (χ3n) is 7.16. The fourth-order valence-electron chi connectivity index (χ4n) is 5.20. The molecule has 2 aliphatic carbocycles. The van der Waals surface area contributed by atoms with Crippen molar-refractivity contribution in [1.29, 1.82) is 0 Å². The summed E-state index contributed by atoms with van der Waals surface area (Å²) >= 11 is 0. The first-order valence-corrected chi connectivity index (χ1v) is 11.6. The van der Waals surface area contributed by atoms with Crippen LogP contribution in [0.2, 0.25) is 0 Å². The van der Waals surface area contributed by atoms with Crippen LogP contribution in [0.3, 0.4) is 0 Å². The maximum Gasteiger partial charge on any atom is 0.317 e. The lowest BCUT2D eigenvalue weighted by molar-refractivity contribution is 0.195. The lowest BCUT2D eigenvalue weighted by Gasteiger charge is -2.30. The molecule has 160 valence electrons. The molecule has 0 aromatic heterocycles. The van der Waals surface area contributed by atoms with Crippen molar-refractivity contribution in [3.05, 3.63) is 29.8 Å². The van der Waals surface area contributed by atoms with E-state index in [4.69, 9.17) is 4.74 Å². The second kappa shape index (κ2) is 9.84. The number of amides is 2. The Balaban J connectivity index is 1.08. The molecule has 1 aromatic rings. The average molecular weight is 400 g/mol. The Labute approximate surface area is 175 Å². The highest BCUT2D eigenvalue weighted by atomic mass is 16.5. The summed E-state index contributed by atoms with van der Waals surface area (Å²) in [5, 5.41) is 6.96. The van der Waals surface area contributed by atoms with Crippen molar-refractivity contribution >= 4 is 6.03 Å². The molecule has 1 saturated heterocycles. The van der Waals surface area contributed by atoms with E-state index in [-0.39, 0.29) is 6.03 Å². The van der Waals surface area contributed by atoms with Crippen LogP contribution in [0.15, 0.2) is 24.3 Å². The van der Waals surface area contributed by atoms with Crippen molar-refractivity contribution < 1.29 is 9.53 Å². The number of urea groups is 1. The second-order valence-electron chi connectivity index (χ2n) is 9.20. The molecule has 0 bridgehead atoms. The highest BCUT2D eigenvalue weighted by Crippen LogP contribution is 2.49. The lowest BCUT2D eigenvalue weighted by atomic mass is 9.84. The summed E-state index contributed by atoms with van der Waals surface area (Å²) in [7, 11) is 1.76. The fraction of sp³-hybridized carbons (Fsp3) is 0.708. The largest absolute Gasteiger partial charge is 0.496 e. The highest BCUT2D eigenvalue weighted by molar-refractivity contribution is 5.74. The molecule has 29 heavy (non-hydrogen) atoms. The molecule has 5 heteroatoms. The van der Waals surface area contributed by atoms with Gasteiger partial charge in [-0.2, -0.15) is 0 Å². The summed E-state index contributed by atoms with van der Waals surface area (Å²) in [4.78, 5) is 14.2. The van der Waals surface area contributed by atoms with Crippen molar-refractivity contribution in [2.24, 2.45) is 11.8 Å². The van der Waals surface area contributed by atoms with Gasteiger partial charge in [-0.05, 0) is 93.8 Å². The van der Waals surface area contributed by atoms with E-state index in [1.54, 1.807) is 7.11 Å². The molecular weight excluding hydrogens is 362 g/mol. The zero-order valence-corrected chi connectivity index (χ0v) is 17.9. The number of carbonyl (C=O) groups is 1. The Morgan fingerprint density at radius 2 is 1.90 bits per heavy atom. The summed E-state index contributed by atoms with van der Waals surface area (Å²) in [6.45, 7) is 4.10. The SMILES string of the molecule is COc1ccccc1C1CC1CNCCC1CCC(NC(=O)N2CCCC2)CC1. The summed E-state index contributed by atoms with van der Waals surface area (Å²) < 4.78 is 5.51. The molecule has 1 heterocycles. The quantitative estimate of drug-likeness (QED) is 0.646. The number of ether oxygens (including phenoxy) is 1. The maximum atomic E-state index is 12.2. The summed E-state index contributed by atoms with van der Waals surface area (Å²) in [6.07, 6.45) is 9.64. The number of rotatable bonds is 8. The fourth-order valence-corrected chi connectivity index (χ4v) is 5.20. The molecular formula is C24H37N3O2. The van der Waals surface area contributed by atoms with Gasteiger partial charge in [0, 0.05) is 19.1 Å². The van der Waals surface area contributed by atoms with Gasteiger partial charge in [-0.3, -0.25) is 0 Å². The van der Waals surface area contributed by atoms with Gasteiger partial charge in [-0.1, -0.05) is 18.2 Å². The number of methoxy groups -OCH3 is 1. The molecule has 3 aliphatic rings. The van der Waals surface area contributed by atoms with Gasteiger partial charge in [-0.25, -0.2) is 4.79 Å². The number of para-hydroxylation sites is 1. The number of nitrogens with one attached hydrogen (secondary N) is 2. The lowest BCUT2D eigenvalue weighted by Crippen LogP contribution is -2.45. The first-order chi connectivity index (χ1) is 14.2. The molecule has 3 fully saturated rings. The van der Waals surface area contributed by atoms with Gasteiger partial charge >= 0.3 is 6.03 Å². The van der Waals surface area contributed by atoms with E-state index in [0.717, 1.165) is 69.4 Å². The predicted molar refractivity (Wildman–Crippen MR) is 116 cm³/mol. The number of nitrogens with zero attached hydrogens (tertiary/aromatic N) is 1. The number of hydrogen-bond donors (Lipinski definition) is 2. The first kappa shape index (κ1) is 20.5. The molecule has 2 N–H and O–H groups in total. The van der Waals surface area contributed by atoms with Crippen molar-refractivity contribution in [3.63, 3.8) is 0 Å². The van der Waals surface area contributed by atoms with Crippen molar-refractivity contribution in [2.75, 3.05) is 33.3 Å². The first-order valence-electron chi connectivity index (χ1n) is 11.6. The van der Waals surface area contributed by atoms with Crippen molar-refractivity contribution in [2.45, 2.75) is 63.3 Å². The minimum Gasteiger partial charge on any atom is -0.496 e. The van der Waals surface area contributed by atoms with E-state index in [1.807, 2.05) is 11.0 Å². The molecule has 1 aliphatic heterocycles. The molecule has 5 nitrogen and oxygen atoms in total. The van der Waals surface area contributed by atoms with Crippen LogP contribution in [-0.2, 0) is 0 Å². The predicted octanol–water partition coefficient (Wildman–Crippen LogP) is 4.14. The van der Waals surface area contributed by atoms with Crippen LogP contribution in [0.25, 0.3) is 0 Å². The van der Waals surface area contributed by atoms with Gasteiger partial charge in [0.15, 0.2) is 0 Å². The topological polar surface area (TPSA) is 53.6 Å². The number of likely N-dealkylation sites (tertiary alicyclic amines) is 1. The van der Waals surface area contributed by atoms with Gasteiger partial charge in [0.1, 0.15) is 5.75 Å². The second-order valence-corrected chi connectivity index (χ2v) is 9.20. The van der Waals surface area contributed by atoms with Crippen molar-refractivity contribution in [1.82, 2.24) is 15.5 Å². The zero-order valence-electron chi connectivity index (χ0n) is 17.9. The minimum atomic E-state index is 0.168. The van der Waals surface area contributed by atoms with E-state index < -0.39 is 0 Å². The Hall–Kier alpha value is -1.75. The van der Waals surface area contributed by atoms with Crippen molar-refractivity contribution in [3.8, 4) is 5.75 Å². The Bertz CT molecular complexity index is 666. The van der Waals surface area contributed by atoms with Crippen LogP contribution in [0.4, 0.5) is 4.79 Å². The Morgan fingerprint density at radius 1 is 1.14 bits per heavy atom. The van der Waals surface area contributed by atoms with Gasteiger partial charge < -0.3 is 20.3 Å². The molecule has 0 radical (unpaired) electrons. The Kier molecular flexibility index (Phi) is 6.96. The maximum absolute atomic E-state index is 12.2. The summed E-state index contributed by atoms with van der Waals surface area (Å²) in [5.74, 6) is 3.26. The normalized spacial score (nSPS) is 28.9. The molecule has 2 saturated carbocycles. The third kappa shape index (κ3) is 5.44. The van der Waals surface area contributed by atoms with Gasteiger partial charge in [0.25, 0.3) is 0 Å². The molecule has 1 aromatic carbocycles. The average Bonchev–Trinajstić information content (AvgIpc) is 3.30. The van der Waals surface area contributed by atoms with Gasteiger partial charge in [-0.15, -0.1) is 0 Å². The zero-order chi connectivity index (χ0) is 20.1. The highest BCUT2D eigenvalue weighted by Gasteiger charge is 2.39. The van der Waals surface area contributed by atoms with E-state index >= 15 is 0 Å². The summed E-state index contributed by atoms with van der Waals surface area (Å²) in [5.41, 5.74) is 1.37. The van der Waals surface area contributed by atoms with E-state index in [0.29, 0.717) is 12.0 Å². The number of hydrogen-bond acceptors (Lipinski definition) is 3. The smallest absolute Gasteiger partial charge is 0.317 e. The van der Waals surface area contributed by atoms with Crippen LogP contribution < -0.4 is 15.4 Å². The molecule has 2 unspecified atom stereocenters. The van der Waals surface area contributed by atoms with E-state index in [1.165, 1.54) is 31.2 Å². The van der Waals surface area contributed by atoms with E-state index in [9.17, 15) is 4.79 Å². The van der Waals surface area contributed by atoms with Crippen LogP contribution in [0.1, 0.15) is 62.8 Å². The van der Waals surface area contributed by atoms with Crippen LogP contribution in [-0.4, -0.2) is 50.3 Å². The number of benzene rings is 1. The van der Waals surface area contributed by atoms with E-state index in [2.05, 4.69) is 28.8 Å². The molecule has 4 rings (SSSR count). The molecule has 2 amide bonds. The summed E-state index contributed by atoms with van der Waals surface area (Å²) in [6, 6.07) is 9.00. The minimum absolute atomic E-state index is 0.168.